The van der Waals surface area contributed by atoms with Crippen molar-refractivity contribution in [3.05, 3.63) is 35.4 Å². The third-order valence-corrected chi connectivity index (χ3v) is 2.45. The Morgan fingerprint density at radius 1 is 1.19 bits per heavy atom. The van der Waals surface area contributed by atoms with Crippen molar-refractivity contribution in [3.8, 4) is 0 Å². The molecule has 1 aromatic rings. The second-order valence-corrected chi connectivity index (χ2v) is 3.93. The van der Waals surface area contributed by atoms with E-state index in [4.69, 9.17) is 10.2 Å². The van der Waals surface area contributed by atoms with Crippen molar-refractivity contribution in [1.29, 1.82) is 0 Å². The first kappa shape index (κ1) is 13.0. The van der Waals surface area contributed by atoms with Crippen LogP contribution in [0.1, 0.15) is 12.5 Å². The third kappa shape index (κ3) is 2.98. The molecule has 1 rings (SSSR count). The molecule has 0 atom stereocenters. The van der Waals surface area contributed by atoms with Gasteiger partial charge in [0, 0.05) is 12.1 Å². The summed E-state index contributed by atoms with van der Waals surface area (Å²) in [7, 11) is 0. The van der Waals surface area contributed by atoms with Crippen LogP contribution in [0.15, 0.2) is 18.2 Å². The van der Waals surface area contributed by atoms with Crippen molar-refractivity contribution in [2.45, 2.75) is 19.0 Å². The number of hydrogen-bond acceptors (Lipinski definition) is 3. The number of aliphatic hydroxyl groups is 2. The highest BCUT2D eigenvalue weighted by atomic mass is 19.1. The molecule has 0 saturated heterocycles. The second kappa shape index (κ2) is 5.34. The smallest absolute Gasteiger partial charge is 0.130 e. The Bertz CT molecular complexity index is 334. The monoisotopic (exact) mass is 231 g/mol. The van der Waals surface area contributed by atoms with E-state index in [1.165, 1.54) is 6.07 Å². The standard InChI is InChI=1S/C11H15F2NO2/c1-11(6-15,7-16)14-5-8-9(12)3-2-4-10(8)13/h2-4,14-16H,5-7H2,1H3. The van der Waals surface area contributed by atoms with E-state index in [2.05, 4.69) is 5.32 Å². The summed E-state index contributed by atoms with van der Waals surface area (Å²) >= 11 is 0. The van der Waals surface area contributed by atoms with Gasteiger partial charge in [0.05, 0.1) is 18.8 Å². The summed E-state index contributed by atoms with van der Waals surface area (Å²) in [6.07, 6.45) is 0. The molecule has 0 aliphatic rings. The molecule has 0 bridgehead atoms. The molecule has 0 aliphatic carbocycles. The van der Waals surface area contributed by atoms with Gasteiger partial charge in [0.15, 0.2) is 0 Å². The number of benzene rings is 1. The molecule has 1 aromatic carbocycles. The Balaban J connectivity index is 2.75. The summed E-state index contributed by atoms with van der Waals surface area (Å²) in [5.41, 5.74) is -1.05. The van der Waals surface area contributed by atoms with Crippen LogP contribution in [-0.2, 0) is 6.54 Å². The Morgan fingerprint density at radius 3 is 2.12 bits per heavy atom. The van der Waals surface area contributed by atoms with Crippen LogP contribution in [-0.4, -0.2) is 29.0 Å². The van der Waals surface area contributed by atoms with Gasteiger partial charge in [-0.15, -0.1) is 0 Å². The molecule has 90 valence electrons. The highest BCUT2D eigenvalue weighted by Gasteiger charge is 2.22. The Hall–Kier alpha value is -1.04. The van der Waals surface area contributed by atoms with Crippen molar-refractivity contribution in [1.82, 2.24) is 5.32 Å². The molecule has 0 radical (unpaired) electrons. The van der Waals surface area contributed by atoms with Gasteiger partial charge in [0.2, 0.25) is 0 Å². The molecule has 3 N–H and O–H groups in total. The molecule has 0 aliphatic heterocycles. The molecule has 5 heteroatoms. The fourth-order valence-corrected chi connectivity index (χ4v) is 1.16. The van der Waals surface area contributed by atoms with Crippen molar-refractivity contribution in [2.75, 3.05) is 13.2 Å². The number of aliphatic hydroxyl groups excluding tert-OH is 2. The SMILES string of the molecule is CC(CO)(CO)NCc1c(F)cccc1F. The summed E-state index contributed by atoms with van der Waals surface area (Å²) in [6.45, 7) is 0.834. The lowest BCUT2D eigenvalue weighted by molar-refractivity contribution is 0.102. The lowest BCUT2D eigenvalue weighted by atomic mass is 10.0. The van der Waals surface area contributed by atoms with E-state index in [1.54, 1.807) is 6.92 Å². The van der Waals surface area contributed by atoms with Gasteiger partial charge in [-0.05, 0) is 19.1 Å². The molecule has 16 heavy (non-hydrogen) atoms. The number of nitrogens with one attached hydrogen (secondary N) is 1. The molecule has 0 aromatic heterocycles. The van der Waals surface area contributed by atoms with Gasteiger partial charge in [0.1, 0.15) is 11.6 Å². The van der Waals surface area contributed by atoms with Gasteiger partial charge in [0.25, 0.3) is 0 Å². The summed E-state index contributed by atoms with van der Waals surface area (Å²) in [5.74, 6) is -1.29. The number of halogens is 2. The number of hydrogen-bond donors (Lipinski definition) is 3. The summed E-state index contributed by atoms with van der Waals surface area (Å²) < 4.78 is 26.5. The van der Waals surface area contributed by atoms with E-state index in [9.17, 15) is 8.78 Å². The Kier molecular flexibility index (Phi) is 4.35. The topological polar surface area (TPSA) is 52.5 Å². The minimum atomic E-state index is -0.950. The first-order chi connectivity index (χ1) is 7.52. The van der Waals surface area contributed by atoms with Crippen LogP contribution in [0.2, 0.25) is 0 Å². The summed E-state index contributed by atoms with van der Waals surface area (Å²) in [5, 5.41) is 20.7. The Labute approximate surface area is 92.7 Å². The minimum absolute atomic E-state index is 0.0872. The zero-order valence-corrected chi connectivity index (χ0v) is 9.00. The van der Waals surface area contributed by atoms with Crippen LogP contribution in [0.4, 0.5) is 8.78 Å². The maximum atomic E-state index is 13.2. The maximum Gasteiger partial charge on any atom is 0.130 e. The van der Waals surface area contributed by atoms with Crippen molar-refractivity contribution >= 4 is 0 Å². The fourth-order valence-electron chi connectivity index (χ4n) is 1.16. The predicted molar refractivity (Wildman–Crippen MR) is 55.8 cm³/mol. The van der Waals surface area contributed by atoms with Gasteiger partial charge in [-0.3, -0.25) is 0 Å². The van der Waals surface area contributed by atoms with Gasteiger partial charge >= 0.3 is 0 Å². The number of rotatable bonds is 5. The zero-order valence-electron chi connectivity index (χ0n) is 9.00. The largest absolute Gasteiger partial charge is 0.394 e. The molecule has 0 amide bonds. The minimum Gasteiger partial charge on any atom is -0.394 e. The van der Waals surface area contributed by atoms with Crippen molar-refractivity contribution < 1.29 is 19.0 Å². The molecule has 0 fully saturated rings. The molecular formula is C11H15F2NO2. The first-order valence-corrected chi connectivity index (χ1v) is 4.92. The van der Waals surface area contributed by atoms with Crippen LogP contribution in [0, 0.1) is 11.6 Å². The third-order valence-electron chi connectivity index (χ3n) is 2.45. The first-order valence-electron chi connectivity index (χ1n) is 4.92. The molecule has 0 saturated carbocycles. The van der Waals surface area contributed by atoms with E-state index in [1.807, 2.05) is 0 Å². The maximum absolute atomic E-state index is 13.2. The van der Waals surface area contributed by atoms with E-state index in [0.29, 0.717) is 0 Å². The van der Waals surface area contributed by atoms with Gasteiger partial charge in [-0.2, -0.15) is 0 Å². The van der Waals surface area contributed by atoms with Crippen LogP contribution in [0.25, 0.3) is 0 Å². The van der Waals surface area contributed by atoms with Crippen LogP contribution in [0.5, 0.6) is 0 Å². The fraction of sp³-hybridized carbons (Fsp3) is 0.455. The lowest BCUT2D eigenvalue weighted by Crippen LogP contribution is -2.48. The van der Waals surface area contributed by atoms with Crippen LogP contribution >= 0.6 is 0 Å². The summed E-state index contributed by atoms with van der Waals surface area (Å²) in [4.78, 5) is 0. The summed E-state index contributed by atoms with van der Waals surface area (Å²) in [6, 6.07) is 3.61. The highest BCUT2D eigenvalue weighted by molar-refractivity contribution is 5.19. The van der Waals surface area contributed by atoms with Crippen LogP contribution in [0.3, 0.4) is 0 Å². The quantitative estimate of drug-likeness (QED) is 0.702. The molecule has 0 spiro atoms. The average molecular weight is 231 g/mol. The van der Waals surface area contributed by atoms with E-state index < -0.39 is 17.2 Å². The second-order valence-electron chi connectivity index (χ2n) is 3.93. The van der Waals surface area contributed by atoms with E-state index in [-0.39, 0.29) is 25.3 Å². The normalized spacial score (nSPS) is 11.8. The van der Waals surface area contributed by atoms with E-state index >= 15 is 0 Å². The molecule has 0 unspecified atom stereocenters. The zero-order chi connectivity index (χ0) is 12.2. The van der Waals surface area contributed by atoms with Crippen molar-refractivity contribution in [2.24, 2.45) is 0 Å². The van der Waals surface area contributed by atoms with Gasteiger partial charge in [-0.25, -0.2) is 8.78 Å². The predicted octanol–water partition coefficient (Wildman–Crippen LogP) is 0.798. The highest BCUT2D eigenvalue weighted by Crippen LogP contribution is 2.13. The average Bonchev–Trinajstić information content (AvgIpc) is 2.28. The lowest BCUT2D eigenvalue weighted by Gasteiger charge is -2.26. The van der Waals surface area contributed by atoms with Gasteiger partial charge < -0.3 is 15.5 Å². The molecule has 0 heterocycles. The van der Waals surface area contributed by atoms with Gasteiger partial charge in [-0.1, -0.05) is 6.07 Å². The molecule has 3 nitrogen and oxygen atoms in total. The Morgan fingerprint density at radius 2 is 1.69 bits per heavy atom. The molecular weight excluding hydrogens is 216 g/mol. The van der Waals surface area contributed by atoms with E-state index in [0.717, 1.165) is 12.1 Å². The van der Waals surface area contributed by atoms with Crippen molar-refractivity contribution in [3.63, 3.8) is 0 Å². The van der Waals surface area contributed by atoms with Crippen LogP contribution < -0.4 is 5.32 Å².